The number of hydrogen-bond donors (Lipinski definition) is 2. The number of esters is 4. The summed E-state index contributed by atoms with van der Waals surface area (Å²) in [4.78, 5) is 49.0. The van der Waals surface area contributed by atoms with Crippen LogP contribution in [-0.2, 0) is 38.1 Å². The van der Waals surface area contributed by atoms with E-state index in [2.05, 4.69) is 0 Å². The molecule has 1 fully saturated rings. The number of ether oxygens (including phenoxy) is 4. The van der Waals surface area contributed by atoms with Crippen molar-refractivity contribution in [3.63, 3.8) is 0 Å². The minimum Gasteiger partial charge on any atom is -0.457 e. The van der Waals surface area contributed by atoms with Crippen LogP contribution in [0.1, 0.15) is 48.5 Å². The van der Waals surface area contributed by atoms with E-state index in [9.17, 15) is 29.4 Å². The van der Waals surface area contributed by atoms with Gasteiger partial charge in [-0.15, -0.1) is 0 Å². The van der Waals surface area contributed by atoms with Crippen LogP contribution in [0.25, 0.3) is 0 Å². The van der Waals surface area contributed by atoms with Gasteiger partial charge in [-0.3, -0.25) is 4.79 Å². The van der Waals surface area contributed by atoms with Crippen molar-refractivity contribution >= 4 is 23.9 Å². The molecule has 10 heteroatoms. The third-order valence-electron chi connectivity index (χ3n) is 5.29. The Morgan fingerprint density at radius 2 is 0.848 bits per heavy atom. The van der Waals surface area contributed by atoms with Gasteiger partial charge < -0.3 is 29.2 Å². The lowest BCUT2D eigenvalue weighted by Crippen LogP contribution is -2.67. The molecule has 184 valence electrons. The molecular formula is C23H32O10. The summed E-state index contributed by atoms with van der Waals surface area (Å²) < 4.78 is 21.2. The monoisotopic (exact) mass is 468 g/mol. The quantitative estimate of drug-likeness (QED) is 0.318. The fraction of sp³-hybridized carbons (Fsp3) is 0.565. The van der Waals surface area contributed by atoms with Crippen molar-refractivity contribution in [3.8, 4) is 0 Å². The Labute approximate surface area is 192 Å². The molecule has 0 aromatic carbocycles. The molecule has 0 aromatic heterocycles. The van der Waals surface area contributed by atoms with E-state index in [0.29, 0.717) is 0 Å². The van der Waals surface area contributed by atoms with E-state index in [0.717, 1.165) is 6.92 Å². The SMILES string of the molecule is CC=C(C)C(=O)OC1C(O)C(OC(C)=O)C(O)C(OC(=O)C(C)=CC)C1OC(=O)C(C)=CC. The normalized spacial score (nSPS) is 28.6. The molecule has 10 nitrogen and oxygen atoms in total. The maximum absolute atomic E-state index is 12.5. The maximum atomic E-state index is 12.5. The molecular weight excluding hydrogens is 436 g/mol. The Balaban J connectivity index is 3.55. The molecule has 1 rings (SSSR count). The fourth-order valence-corrected chi connectivity index (χ4v) is 2.89. The van der Waals surface area contributed by atoms with Crippen LogP contribution in [0.4, 0.5) is 0 Å². The van der Waals surface area contributed by atoms with E-state index in [1.54, 1.807) is 20.8 Å². The van der Waals surface area contributed by atoms with Crippen molar-refractivity contribution in [2.45, 2.75) is 85.1 Å². The first kappa shape index (κ1) is 28.1. The van der Waals surface area contributed by atoms with E-state index in [-0.39, 0.29) is 16.7 Å². The second-order valence-electron chi connectivity index (χ2n) is 7.58. The summed E-state index contributed by atoms with van der Waals surface area (Å²) >= 11 is 0. The van der Waals surface area contributed by atoms with Crippen LogP contribution in [0, 0.1) is 0 Å². The lowest BCUT2D eigenvalue weighted by Gasteiger charge is -2.45. The number of hydrogen-bond acceptors (Lipinski definition) is 10. The van der Waals surface area contributed by atoms with Gasteiger partial charge in [0.25, 0.3) is 0 Å². The van der Waals surface area contributed by atoms with Gasteiger partial charge in [0.1, 0.15) is 12.2 Å². The number of carbonyl (C=O) groups excluding carboxylic acids is 4. The summed E-state index contributed by atoms with van der Waals surface area (Å²) in [6, 6.07) is 0. The molecule has 0 radical (unpaired) electrons. The molecule has 1 saturated carbocycles. The molecule has 0 amide bonds. The smallest absolute Gasteiger partial charge is 0.333 e. The molecule has 4 atom stereocenters. The second kappa shape index (κ2) is 12.3. The van der Waals surface area contributed by atoms with Gasteiger partial charge in [0.2, 0.25) is 0 Å². The van der Waals surface area contributed by atoms with Gasteiger partial charge in [0, 0.05) is 23.6 Å². The Hall–Kier alpha value is -2.98. The van der Waals surface area contributed by atoms with Gasteiger partial charge in [-0.05, 0) is 41.5 Å². The average Bonchev–Trinajstić information content (AvgIpc) is 2.79. The molecule has 0 aromatic rings. The summed E-state index contributed by atoms with van der Waals surface area (Å²) in [5.41, 5.74) is 0.557. The predicted octanol–water partition coefficient (Wildman–Crippen LogP) is 1.29. The van der Waals surface area contributed by atoms with Crippen LogP contribution in [-0.4, -0.2) is 70.7 Å². The van der Waals surface area contributed by atoms with Crippen molar-refractivity contribution in [1.82, 2.24) is 0 Å². The number of rotatable bonds is 7. The average molecular weight is 468 g/mol. The summed E-state index contributed by atoms with van der Waals surface area (Å²) in [7, 11) is 0. The molecule has 0 bridgehead atoms. The van der Waals surface area contributed by atoms with Gasteiger partial charge in [-0.2, -0.15) is 0 Å². The highest BCUT2D eigenvalue weighted by molar-refractivity contribution is 5.89. The minimum absolute atomic E-state index is 0.186. The molecule has 1 aliphatic rings. The van der Waals surface area contributed by atoms with Gasteiger partial charge in [0.05, 0.1) is 0 Å². The van der Waals surface area contributed by atoms with Crippen LogP contribution < -0.4 is 0 Å². The van der Waals surface area contributed by atoms with E-state index in [1.807, 2.05) is 0 Å². The van der Waals surface area contributed by atoms with Gasteiger partial charge in [-0.25, -0.2) is 14.4 Å². The van der Waals surface area contributed by atoms with Crippen LogP contribution in [0.3, 0.4) is 0 Å². The maximum Gasteiger partial charge on any atom is 0.333 e. The van der Waals surface area contributed by atoms with Crippen molar-refractivity contribution in [2.24, 2.45) is 0 Å². The van der Waals surface area contributed by atoms with Crippen LogP contribution in [0.2, 0.25) is 0 Å². The third-order valence-corrected chi connectivity index (χ3v) is 5.29. The summed E-state index contributed by atoms with van der Waals surface area (Å²) in [6.45, 7) is 10.2. The Morgan fingerprint density at radius 1 is 0.545 bits per heavy atom. The van der Waals surface area contributed by atoms with Crippen LogP contribution in [0.5, 0.6) is 0 Å². The lowest BCUT2D eigenvalue weighted by atomic mass is 9.84. The number of carbonyl (C=O) groups is 4. The highest BCUT2D eigenvalue weighted by Gasteiger charge is 2.57. The van der Waals surface area contributed by atoms with Crippen molar-refractivity contribution in [2.75, 3.05) is 0 Å². The van der Waals surface area contributed by atoms with E-state index in [4.69, 9.17) is 18.9 Å². The molecule has 4 unspecified atom stereocenters. The second-order valence-corrected chi connectivity index (χ2v) is 7.58. The fourth-order valence-electron chi connectivity index (χ4n) is 2.89. The van der Waals surface area contributed by atoms with Gasteiger partial charge in [0.15, 0.2) is 24.4 Å². The highest BCUT2D eigenvalue weighted by Crippen LogP contribution is 2.32. The van der Waals surface area contributed by atoms with E-state index < -0.39 is 60.5 Å². The molecule has 0 aliphatic heterocycles. The number of aliphatic hydroxyl groups excluding tert-OH is 2. The highest BCUT2D eigenvalue weighted by atomic mass is 16.6. The number of aliphatic hydroxyl groups is 2. The molecule has 1 aliphatic carbocycles. The molecule has 2 N–H and O–H groups in total. The summed E-state index contributed by atoms with van der Waals surface area (Å²) in [6.07, 6.45) is -5.68. The largest absolute Gasteiger partial charge is 0.457 e. The molecule has 0 spiro atoms. The molecule has 0 heterocycles. The van der Waals surface area contributed by atoms with Gasteiger partial charge in [-0.1, -0.05) is 18.2 Å². The Kier molecular flexibility index (Phi) is 10.5. The standard InChI is InChI=1S/C23H32O10/c1-8-11(4)21(27)31-18-15(25)17(30-14(7)24)16(26)19(32-22(28)12(5)9-2)20(18)33-23(29)13(6)10-3/h8-10,15-20,25-26H,1-7H3. The number of allylic oxidation sites excluding steroid dienone is 3. The zero-order valence-corrected chi connectivity index (χ0v) is 19.9. The van der Waals surface area contributed by atoms with Crippen molar-refractivity contribution in [3.05, 3.63) is 34.9 Å². The van der Waals surface area contributed by atoms with Crippen LogP contribution >= 0.6 is 0 Å². The zero-order chi connectivity index (χ0) is 25.5. The van der Waals surface area contributed by atoms with Crippen molar-refractivity contribution in [1.29, 1.82) is 0 Å². The Bertz CT molecular complexity index is 807. The Morgan fingerprint density at radius 3 is 1.12 bits per heavy atom. The van der Waals surface area contributed by atoms with E-state index in [1.165, 1.54) is 39.0 Å². The molecule has 33 heavy (non-hydrogen) atoms. The lowest BCUT2D eigenvalue weighted by molar-refractivity contribution is -0.249. The first-order valence-corrected chi connectivity index (χ1v) is 10.4. The third kappa shape index (κ3) is 7.00. The first-order valence-electron chi connectivity index (χ1n) is 10.4. The van der Waals surface area contributed by atoms with Gasteiger partial charge >= 0.3 is 23.9 Å². The zero-order valence-electron chi connectivity index (χ0n) is 19.9. The molecule has 0 saturated heterocycles. The summed E-state index contributed by atoms with van der Waals surface area (Å²) in [5, 5.41) is 21.7. The van der Waals surface area contributed by atoms with Crippen molar-refractivity contribution < 1.29 is 48.3 Å². The topological polar surface area (TPSA) is 146 Å². The summed E-state index contributed by atoms with van der Waals surface area (Å²) in [5.74, 6) is -3.39. The first-order chi connectivity index (χ1) is 15.4. The van der Waals surface area contributed by atoms with Crippen LogP contribution in [0.15, 0.2) is 34.9 Å². The predicted molar refractivity (Wildman–Crippen MR) is 116 cm³/mol. The van der Waals surface area contributed by atoms with E-state index >= 15 is 0 Å². The minimum atomic E-state index is -1.79.